The van der Waals surface area contributed by atoms with Gasteiger partial charge in [-0.25, -0.2) is 13.6 Å². The number of anilines is 1. The van der Waals surface area contributed by atoms with Crippen molar-refractivity contribution in [2.45, 2.75) is 28.7 Å². The normalized spacial score (nSPS) is 14.6. The Morgan fingerprint density at radius 3 is 2.48 bits per heavy atom. The van der Waals surface area contributed by atoms with E-state index in [4.69, 9.17) is 5.14 Å². The van der Waals surface area contributed by atoms with Gasteiger partial charge in [0.2, 0.25) is 10.0 Å². The number of nitro benzene ring substituents is 1. The van der Waals surface area contributed by atoms with E-state index in [0.717, 1.165) is 43.4 Å². The van der Waals surface area contributed by atoms with E-state index in [1.54, 1.807) is 11.8 Å². The lowest BCUT2D eigenvalue weighted by molar-refractivity contribution is -0.384. The molecule has 2 aromatic carbocycles. The molecule has 1 heterocycles. The van der Waals surface area contributed by atoms with Crippen LogP contribution in [0.5, 0.6) is 0 Å². The molecule has 2 aromatic rings. The number of sulfonamides is 1. The van der Waals surface area contributed by atoms with E-state index in [-0.39, 0.29) is 47.1 Å². The minimum absolute atomic E-state index is 0. The third kappa shape index (κ3) is 9.15. The molecule has 0 saturated heterocycles. The Hall–Kier alpha value is -1.82. The van der Waals surface area contributed by atoms with Crippen molar-refractivity contribution in [2.24, 2.45) is 5.14 Å². The lowest BCUT2D eigenvalue weighted by Gasteiger charge is -2.26. The summed E-state index contributed by atoms with van der Waals surface area (Å²) in [5, 5.41) is 20.0. The number of nitrogens with two attached hydrogens (primary N) is 1. The zero-order chi connectivity index (χ0) is 22.3. The number of hydrogen-bond donors (Lipinski definition) is 2. The van der Waals surface area contributed by atoms with Crippen LogP contribution in [0, 0.1) is 10.1 Å². The zero-order valence-electron chi connectivity index (χ0n) is 17.8. The summed E-state index contributed by atoms with van der Waals surface area (Å²) in [5.74, 6) is 0.710. The van der Waals surface area contributed by atoms with Crippen LogP contribution in [0.3, 0.4) is 0 Å². The minimum Gasteiger partial charge on any atom is -0.376 e. The minimum atomic E-state index is -4.02. The quantitative estimate of drug-likeness (QED) is 0.201. The maximum atomic E-state index is 11.6. The smallest absolute Gasteiger partial charge is 0.293 e. The van der Waals surface area contributed by atoms with Gasteiger partial charge in [0.1, 0.15) is 5.69 Å². The van der Waals surface area contributed by atoms with Crippen molar-refractivity contribution in [1.29, 1.82) is 0 Å². The van der Waals surface area contributed by atoms with Gasteiger partial charge in [-0.15, -0.1) is 36.6 Å². The number of halogens is 2. The molecule has 3 rings (SSSR count). The molecule has 0 spiro atoms. The SMILES string of the molecule is Cl.Cl.NS(=O)(=O)c1ccc(N[C@H](CCN2CC=CCC2)CSc2ccccc2)c([N+](=O)[O-])c1. The summed E-state index contributed by atoms with van der Waals surface area (Å²) in [5.41, 5.74) is -0.0169. The summed E-state index contributed by atoms with van der Waals surface area (Å²) in [4.78, 5) is 14.2. The van der Waals surface area contributed by atoms with E-state index in [1.807, 2.05) is 30.3 Å². The zero-order valence-corrected chi connectivity index (χ0v) is 21.1. The Kier molecular flexibility index (Phi) is 12.2. The molecular weight excluding hydrogens is 507 g/mol. The Morgan fingerprint density at radius 2 is 1.88 bits per heavy atom. The van der Waals surface area contributed by atoms with Crippen molar-refractivity contribution in [3.8, 4) is 0 Å². The van der Waals surface area contributed by atoms with E-state index < -0.39 is 14.9 Å². The van der Waals surface area contributed by atoms with E-state index in [2.05, 4.69) is 22.4 Å². The fraction of sp³-hybridized carbons (Fsp3) is 0.333. The summed E-state index contributed by atoms with van der Waals surface area (Å²) in [6.45, 7) is 2.76. The third-order valence-corrected chi connectivity index (χ3v) is 7.07. The fourth-order valence-corrected chi connectivity index (χ4v) is 4.85. The highest BCUT2D eigenvalue weighted by molar-refractivity contribution is 7.99. The molecule has 0 aromatic heterocycles. The Morgan fingerprint density at radius 1 is 1.15 bits per heavy atom. The number of nitrogens with one attached hydrogen (secondary N) is 1. The van der Waals surface area contributed by atoms with Crippen LogP contribution in [-0.4, -0.2) is 49.7 Å². The van der Waals surface area contributed by atoms with Gasteiger partial charge in [-0.05, 0) is 37.1 Å². The van der Waals surface area contributed by atoms with Gasteiger partial charge in [-0.1, -0.05) is 30.4 Å². The lowest BCUT2D eigenvalue weighted by atomic mass is 10.1. The fourth-order valence-electron chi connectivity index (χ4n) is 3.32. The maximum absolute atomic E-state index is 11.6. The largest absolute Gasteiger partial charge is 0.376 e. The number of primary sulfonamides is 1. The first-order valence-corrected chi connectivity index (χ1v) is 12.5. The van der Waals surface area contributed by atoms with Gasteiger partial charge in [0.05, 0.1) is 9.82 Å². The van der Waals surface area contributed by atoms with E-state index >= 15 is 0 Å². The molecule has 0 radical (unpaired) electrons. The van der Waals surface area contributed by atoms with Gasteiger partial charge >= 0.3 is 0 Å². The second-order valence-corrected chi connectivity index (χ2v) is 9.95. The Balaban J connectivity index is 0.00000272. The van der Waals surface area contributed by atoms with Gasteiger partial charge in [0.25, 0.3) is 5.69 Å². The van der Waals surface area contributed by atoms with Crippen LogP contribution in [0.4, 0.5) is 11.4 Å². The van der Waals surface area contributed by atoms with Gasteiger partial charge < -0.3 is 5.32 Å². The van der Waals surface area contributed by atoms with Gasteiger partial charge in [0.15, 0.2) is 0 Å². The molecular formula is C21H28Cl2N4O4S2. The first-order chi connectivity index (χ1) is 14.8. The molecule has 12 heteroatoms. The van der Waals surface area contributed by atoms with Crippen LogP contribution in [0.25, 0.3) is 0 Å². The van der Waals surface area contributed by atoms with Gasteiger partial charge in [0, 0.05) is 42.4 Å². The molecule has 3 N–H and O–H groups in total. The number of benzene rings is 2. The maximum Gasteiger partial charge on any atom is 0.293 e. The molecule has 1 aliphatic rings. The standard InChI is InChI=1S/C21H26N4O4S2.2ClH/c22-31(28,29)19-9-10-20(21(15-19)25(26)27)23-17(11-14-24-12-5-2-6-13-24)16-30-18-7-3-1-4-8-18;;/h1-5,7-10,15,17,23H,6,11-14,16H2,(H2,22,28,29);2*1H/t17-;;/m1../s1. The Labute approximate surface area is 211 Å². The molecule has 8 nitrogen and oxygen atoms in total. The highest BCUT2D eigenvalue weighted by atomic mass is 35.5. The van der Waals surface area contributed by atoms with Crippen LogP contribution in [0.1, 0.15) is 12.8 Å². The third-order valence-electron chi connectivity index (χ3n) is 4.98. The summed E-state index contributed by atoms with van der Waals surface area (Å²) in [7, 11) is -4.02. The number of thioether (sulfide) groups is 1. The van der Waals surface area contributed by atoms with Crippen molar-refractivity contribution in [3.63, 3.8) is 0 Å². The van der Waals surface area contributed by atoms with Crippen molar-refractivity contribution in [3.05, 3.63) is 70.8 Å². The average molecular weight is 536 g/mol. The molecule has 0 saturated carbocycles. The number of rotatable bonds is 10. The van der Waals surface area contributed by atoms with Crippen LogP contribution in [0.15, 0.2) is 70.5 Å². The summed E-state index contributed by atoms with van der Waals surface area (Å²) < 4.78 is 23.2. The van der Waals surface area contributed by atoms with Crippen LogP contribution < -0.4 is 10.5 Å². The van der Waals surface area contributed by atoms with Crippen molar-refractivity contribution < 1.29 is 13.3 Å². The summed E-state index contributed by atoms with van der Waals surface area (Å²) in [6.07, 6.45) is 6.15. The highest BCUT2D eigenvalue weighted by Crippen LogP contribution is 2.29. The number of nitro groups is 1. The lowest BCUT2D eigenvalue weighted by Crippen LogP contribution is -2.33. The molecule has 0 bridgehead atoms. The van der Waals surface area contributed by atoms with Crippen LogP contribution >= 0.6 is 36.6 Å². The second-order valence-electron chi connectivity index (χ2n) is 7.30. The second kappa shape index (κ2) is 13.8. The predicted molar refractivity (Wildman–Crippen MR) is 138 cm³/mol. The van der Waals surface area contributed by atoms with E-state index in [9.17, 15) is 18.5 Å². The van der Waals surface area contributed by atoms with Crippen LogP contribution in [0.2, 0.25) is 0 Å². The van der Waals surface area contributed by atoms with Gasteiger partial charge in [-0.3, -0.25) is 15.0 Å². The van der Waals surface area contributed by atoms with E-state index in [1.165, 1.54) is 12.1 Å². The monoisotopic (exact) mass is 534 g/mol. The first-order valence-electron chi connectivity index (χ1n) is 9.96. The Bertz CT molecular complexity index is 1040. The average Bonchev–Trinajstić information content (AvgIpc) is 2.76. The number of hydrogen-bond acceptors (Lipinski definition) is 7. The molecule has 1 aliphatic heterocycles. The predicted octanol–water partition coefficient (Wildman–Crippen LogP) is 4.31. The molecule has 0 fully saturated rings. The van der Waals surface area contributed by atoms with Gasteiger partial charge in [-0.2, -0.15) is 0 Å². The highest BCUT2D eigenvalue weighted by Gasteiger charge is 2.22. The van der Waals surface area contributed by atoms with E-state index in [0.29, 0.717) is 5.75 Å². The summed E-state index contributed by atoms with van der Waals surface area (Å²) >= 11 is 1.68. The molecule has 0 unspecified atom stereocenters. The molecule has 0 aliphatic carbocycles. The molecule has 0 amide bonds. The topological polar surface area (TPSA) is 119 Å². The van der Waals surface area contributed by atoms with Crippen LogP contribution in [-0.2, 0) is 10.0 Å². The van der Waals surface area contributed by atoms with Crippen molar-refractivity contribution in [1.82, 2.24) is 4.90 Å². The molecule has 1 atom stereocenters. The van der Waals surface area contributed by atoms with Crippen molar-refractivity contribution >= 4 is 58.0 Å². The molecule has 33 heavy (non-hydrogen) atoms. The molecule has 182 valence electrons. The number of nitrogens with zero attached hydrogens (tertiary/aromatic N) is 2. The summed E-state index contributed by atoms with van der Waals surface area (Å²) in [6, 6.07) is 13.6. The first kappa shape index (κ1) is 29.2. The van der Waals surface area contributed by atoms with Crippen molar-refractivity contribution in [2.75, 3.05) is 30.7 Å².